The summed E-state index contributed by atoms with van der Waals surface area (Å²) < 4.78 is 13.4. The van der Waals surface area contributed by atoms with Gasteiger partial charge < -0.3 is 10.7 Å². The maximum absolute atomic E-state index is 13.4. The number of hydrogen-bond acceptors (Lipinski definition) is 2. The van der Waals surface area contributed by atoms with Crippen LogP contribution in [0.5, 0.6) is 0 Å². The number of carbonyl (C=O) groups is 1. The molecule has 0 aliphatic heterocycles. The van der Waals surface area contributed by atoms with Gasteiger partial charge in [0.05, 0.1) is 5.69 Å². The second kappa shape index (κ2) is 3.81. The molecule has 0 spiro atoms. The first-order chi connectivity index (χ1) is 7.59. The van der Waals surface area contributed by atoms with E-state index in [2.05, 4.69) is 4.98 Å². The van der Waals surface area contributed by atoms with Crippen LogP contribution in [0.3, 0.4) is 0 Å². The smallest absolute Gasteiger partial charge is 0.209 e. The van der Waals surface area contributed by atoms with Crippen molar-refractivity contribution in [3.05, 3.63) is 53.1 Å². The van der Waals surface area contributed by atoms with E-state index >= 15 is 0 Å². The molecule has 0 unspecified atom stereocenters. The van der Waals surface area contributed by atoms with Gasteiger partial charge in [-0.25, -0.2) is 4.39 Å². The molecule has 1 aromatic heterocycles. The Kier molecular flexibility index (Phi) is 2.48. The Balaban J connectivity index is 2.46. The number of nitrogen functional groups attached to an aromatic ring is 1. The second-order valence-corrected chi connectivity index (χ2v) is 3.59. The lowest BCUT2D eigenvalue weighted by molar-refractivity contribution is 0.103. The van der Waals surface area contributed by atoms with Gasteiger partial charge in [-0.2, -0.15) is 0 Å². The van der Waals surface area contributed by atoms with Gasteiger partial charge in [0.2, 0.25) is 5.78 Å². The molecule has 1 heterocycles. The molecule has 0 radical (unpaired) electrons. The van der Waals surface area contributed by atoms with E-state index in [1.165, 1.54) is 12.1 Å². The van der Waals surface area contributed by atoms with Gasteiger partial charge in [-0.05, 0) is 31.2 Å². The molecule has 16 heavy (non-hydrogen) atoms. The van der Waals surface area contributed by atoms with Gasteiger partial charge in [0.15, 0.2) is 0 Å². The summed E-state index contributed by atoms with van der Waals surface area (Å²) in [5.41, 5.74) is 6.93. The van der Waals surface area contributed by atoms with Gasteiger partial charge in [0.25, 0.3) is 0 Å². The number of aromatic amines is 1. The molecule has 0 amide bonds. The van der Waals surface area contributed by atoms with Crippen molar-refractivity contribution in [2.75, 3.05) is 5.73 Å². The Bertz CT molecular complexity index is 509. The standard InChI is InChI=1S/C12H11FN2O/c1-7-9(13)5-8(6-10(7)14)12(16)11-3-2-4-15-11/h2-6,15H,14H2,1H3. The number of nitrogens with one attached hydrogen (secondary N) is 1. The summed E-state index contributed by atoms with van der Waals surface area (Å²) in [5, 5.41) is 0. The fourth-order valence-corrected chi connectivity index (χ4v) is 1.46. The van der Waals surface area contributed by atoms with E-state index in [0.717, 1.165) is 0 Å². The minimum absolute atomic E-state index is 0.253. The molecule has 0 saturated heterocycles. The molecular formula is C12H11FN2O. The zero-order chi connectivity index (χ0) is 11.7. The summed E-state index contributed by atoms with van der Waals surface area (Å²) >= 11 is 0. The molecule has 0 aliphatic carbocycles. The minimum Gasteiger partial charge on any atom is -0.398 e. The molecule has 0 saturated carbocycles. The zero-order valence-corrected chi connectivity index (χ0v) is 8.75. The van der Waals surface area contributed by atoms with Crippen LogP contribution >= 0.6 is 0 Å². The van der Waals surface area contributed by atoms with Crippen LogP contribution in [0.25, 0.3) is 0 Å². The predicted molar refractivity (Wildman–Crippen MR) is 59.8 cm³/mol. The number of aromatic nitrogens is 1. The number of nitrogens with two attached hydrogens (primary N) is 1. The van der Waals surface area contributed by atoms with E-state index in [-0.39, 0.29) is 17.0 Å². The fourth-order valence-electron chi connectivity index (χ4n) is 1.46. The van der Waals surface area contributed by atoms with Gasteiger partial charge >= 0.3 is 0 Å². The molecule has 0 atom stereocenters. The van der Waals surface area contributed by atoms with Crippen LogP contribution in [0.2, 0.25) is 0 Å². The lowest BCUT2D eigenvalue weighted by Crippen LogP contribution is -2.05. The summed E-state index contributed by atoms with van der Waals surface area (Å²) in [6.07, 6.45) is 1.64. The predicted octanol–water partition coefficient (Wildman–Crippen LogP) is 2.28. The number of H-pyrrole nitrogens is 1. The highest BCUT2D eigenvalue weighted by atomic mass is 19.1. The Hall–Kier alpha value is -2.10. The Morgan fingerprint density at radius 3 is 2.75 bits per heavy atom. The van der Waals surface area contributed by atoms with Crippen molar-refractivity contribution in [2.45, 2.75) is 6.92 Å². The highest BCUT2D eigenvalue weighted by Crippen LogP contribution is 2.19. The van der Waals surface area contributed by atoms with Crippen molar-refractivity contribution in [3.8, 4) is 0 Å². The maximum Gasteiger partial charge on any atom is 0.209 e. The SMILES string of the molecule is Cc1c(N)cc(C(=O)c2ccc[nH]2)cc1F. The first kappa shape index (κ1) is 10.4. The van der Waals surface area contributed by atoms with Gasteiger partial charge in [0.1, 0.15) is 5.82 Å². The fraction of sp³-hybridized carbons (Fsp3) is 0.0833. The second-order valence-electron chi connectivity index (χ2n) is 3.59. The molecule has 3 nitrogen and oxygen atoms in total. The number of ketones is 1. The molecule has 0 bridgehead atoms. The topological polar surface area (TPSA) is 58.9 Å². The van der Waals surface area contributed by atoms with Crippen LogP contribution < -0.4 is 5.73 Å². The van der Waals surface area contributed by atoms with Crippen molar-refractivity contribution >= 4 is 11.5 Å². The summed E-state index contributed by atoms with van der Waals surface area (Å²) in [4.78, 5) is 14.6. The molecule has 2 rings (SSSR count). The van der Waals surface area contributed by atoms with E-state index in [1.54, 1.807) is 25.3 Å². The van der Waals surface area contributed by atoms with Crippen molar-refractivity contribution < 1.29 is 9.18 Å². The van der Waals surface area contributed by atoms with E-state index in [0.29, 0.717) is 11.3 Å². The van der Waals surface area contributed by atoms with Gasteiger partial charge in [-0.1, -0.05) is 0 Å². The molecule has 82 valence electrons. The van der Waals surface area contributed by atoms with Crippen molar-refractivity contribution in [2.24, 2.45) is 0 Å². The first-order valence-corrected chi connectivity index (χ1v) is 4.83. The number of rotatable bonds is 2. The third-order valence-electron chi connectivity index (χ3n) is 2.49. The summed E-state index contributed by atoms with van der Waals surface area (Å²) in [5.74, 6) is -0.731. The van der Waals surface area contributed by atoms with Gasteiger partial charge in [-0.3, -0.25) is 4.79 Å². The number of halogens is 1. The van der Waals surface area contributed by atoms with Crippen LogP contribution in [0.1, 0.15) is 21.6 Å². The molecule has 2 aromatic rings. The highest BCUT2D eigenvalue weighted by molar-refractivity contribution is 6.08. The van der Waals surface area contributed by atoms with Crippen LogP contribution in [0.15, 0.2) is 30.5 Å². The van der Waals surface area contributed by atoms with Crippen molar-refractivity contribution in [1.29, 1.82) is 0 Å². The lowest BCUT2D eigenvalue weighted by atomic mass is 10.0. The van der Waals surface area contributed by atoms with Gasteiger partial charge in [-0.15, -0.1) is 0 Å². The third-order valence-corrected chi connectivity index (χ3v) is 2.49. The van der Waals surface area contributed by atoms with E-state index in [9.17, 15) is 9.18 Å². The van der Waals surface area contributed by atoms with E-state index < -0.39 is 5.82 Å². The lowest BCUT2D eigenvalue weighted by Gasteiger charge is -2.05. The quantitative estimate of drug-likeness (QED) is 0.600. The van der Waals surface area contributed by atoms with Crippen LogP contribution in [-0.4, -0.2) is 10.8 Å². The molecule has 0 aliphatic rings. The Labute approximate surface area is 92.1 Å². The number of hydrogen-bond donors (Lipinski definition) is 2. The molecule has 1 aromatic carbocycles. The Morgan fingerprint density at radius 2 is 2.19 bits per heavy atom. The monoisotopic (exact) mass is 218 g/mol. The third kappa shape index (κ3) is 1.69. The number of carbonyl (C=O) groups excluding carboxylic acids is 1. The summed E-state index contributed by atoms with van der Waals surface area (Å²) in [6.45, 7) is 1.58. The average Bonchev–Trinajstić information content (AvgIpc) is 2.77. The molecule has 3 N–H and O–H groups in total. The number of anilines is 1. The molecule has 0 fully saturated rings. The zero-order valence-electron chi connectivity index (χ0n) is 8.75. The van der Waals surface area contributed by atoms with Crippen LogP contribution in [0.4, 0.5) is 10.1 Å². The van der Waals surface area contributed by atoms with Crippen molar-refractivity contribution in [3.63, 3.8) is 0 Å². The van der Waals surface area contributed by atoms with Crippen LogP contribution in [-0.2, 0) is 0 Å². The number of benzene rings is 1. The molecule has 4 heteroatoms. The van der Waals surface area contributed by atoms with Crippen LogP contribution in [0, 0.1) is 12.7 Å². The van der Waals surface area contributed by atoms with E-state index in [4.69, 9.17) is 5.73 Å². The summed E-state index contributed by atoms with van der Waals surface area (Å²) in [7, 11) is 0. The largest absolute Gasteiger partial charge is 0.398 e. The van der Waals surface area contributed by atoms with Gasteiger partial charge in [0, 0.05) is 23.0 Å². The van der Waals surface area contributed by atoms with E-state index in [1.807, 2.05) is 0 Å². The highest BCUT2D eigenvalue weighted by Gasteiger charge is 2.13. The summed E-state index contributed by atoms with van der Waals surface area (Å²) in [6, 6.07) is 6.04. The molecular weight excluding hydrogens is 207 g/mol. The minimum atomic E-state index is -0.463. The van der Waals surface area contributed by atoms with Crippen molar-refractivity contribution in [1.82, 2.24) is 4.98 Å². The first-order valence-electron chi connectivity index (χ1n) is 4.83. The normalized spacial score (nSPS) is 10.4. The maximum atomic E-state index is 13.4. The Morgan fingerprint density at radius 1 is 1.44 bits per heavy atom. The average molecular weight is 218 g/mol.